The number of anilines is 1. The second-order valence-electron chi connectivity index (χ2n) is 5.67. The van der Waals surface area contributed by atoms with Crippen molar-refractivity contribution >= 4 is 23.4 Å². The molecule has 24 heavy (non-hydrogen) atoms. The van der Waals surface area contributed by atoms with Gasteiger partial charge in [-0.15, -0.1) is 11.8 Å². The zero-order valence-electron chi connectivity index (χ0n) is 13.9. The van der Waals surface area contributed by atoms with Gasteiger partial charge in [0.1, 0.15) is 17.6 Å². The lowest BCUT2D eigenvalue weighted by molar-refractivity contribution is -0.113. The van der Waals surface area contributed by atoms with E-state index in [-0.39, 0.29) is 12.0 Å². The summed E-state index contributed by atoms with van der Waals surface area (Å²) in [4.78, 5) is 13.4. The molecule has 2 aromatic rings. The van der Waals surface area contributed by atoms with Gasteiger partial charge in [0.05, 0.1) is 18.0 Å². The molecule has 0 aromatic heterocycles. The Morgan fingerprint density at radius 1 is 1.33 bits per heavy atom. The average Bonchev–Trinajstić information content (AvgIpc) is 2.93. The molecule has 126 valence electrons. The highest BCUT2D eigenvalue weighted by atomic mass is 32.2. The minimum Gasteiger partial charge on any atom is -0.492 e. The molecule has 0 spiro atoms. The summed E-state index contributed by atoms with van der Waals surface area (Å²) in [6.07, 6.45) is 1.03. The number of fused-ring (bicyclic) bond motifs is 1. The van der Waals surface area contributed by atoms with Gasteiger partial charge in [-0.25, -0.2) is 0 Å². The number of ether oxygens (including phenoxy) is 2. The van der Waals surface area contributed by atoms with E-state index in [0.717, 1.165) is 22.6 Å². The lowest BCUT2D eigenvalue weighted by Crippen LogP contribution is -2.15. The third-order valence-electron chi connectivity index (χ3n) is 3.69. The van der Waals surface area contributed by atoms with Crippen molar-refractivity contribution in [3.05, 3.63) is 48.0 Å². The number of carbonyl (C=O) groups is 1. The monoisotopic (exact) mass is 343 g/mol. The maximum atomic E-state index is 12.3. The second kappa shape index (κ2) is 7.62. The maximum absolute atomic E-state index is 12.3. The fraction of sp³-hybridized carbons (Fsp3) is 0.316. The molecule has 1 unspecified atom stereocenters. The Morgan fingerprint density at radius 3 is 2.88 bits per heavy atom. The summed E-state index contributed by atoms with van der Waals surface area (Å²) in [5.74, 6) is 1.82. The molecule has 3 rings (SSSR count). The summed E-state index contributed by atoms with van der Waals surface area (Å²) in [6, 6.07) is 13.7. The molecule has 1 aliphatic heterocycles. The SMILES string of the molecule is CCOc1cc2c(cc1NC(=O)CSc1ccccc1)OC(C)C2. The number of benzene rings is 2. The van der Waals surface area contributed by atoms with Crippen LogP contribution in [-0.2, 0) is 11.2 Å². The van der Waals surface area contributed by atoms with Crippen molar-refractivity contribution < 1.29 is 14.3 Å². The minimum absolute atomic E-state index is 0.0594. The van der Waals surface area contributed by atoms with Crippen LogP contribution >= 0.6 is 11.8 Å². The number of hydrogen-bond donors (Lipinski definition) is 1. The molecule has 4 nitrogen and oxygen atoms in total. The van der Waals surface area contributed by atoms with Crippen molar-refractivity contribution in [2.45, 2.75) is 31.3 Å². The van der Waals surface area contributed by atoms with Crippen LogP contribution in [-0.4, -0.2) is 24.4 Å². The smallest absolute Gasteiger partial charge is 0.234 e. The highest BCUT2D eigenvalue weighted by molar-refractivity contribution is 8.00. The molecule has 1 atom stereocenters. The number of hydrogen-bond acceptors (Lipinski definition) is 4. The first-order chi connectivity index (χ1) is 11.7. The predicted molar refractivity (Wildman–Crippen MR) is 97.2 cm³/mol. The van der Waals surface area contributed by atoms with E-state index in [1.807, 2.05) is 56.3 Å². The van der Waals surface area contributed by atoms with Crippen LogP contribution in [0.3, 0.4) is 0 Å². The number of thioether (sulfide) groups is 1. The first kappa shape index (κ1) is 16.7. The average molecular weight is 343 g/mol. The zero-order valence-corrected chi connectivity index (χ0v) is 14.7. The van der Waals surface area contributed by atoms with Gasteiger partial charge in [-0.1, -0.05) is 18.2 Å². The van der Waals surface area contributed by atoms with Crippen molar-refractivity contribution in [2.75, 3.05) is 17.7 Å². The topological polar surface area (TPSA) is 47.6 Å². The molecule has 0 aliphatic carbocycles. The third-order valence-corrected chi connectivity index (χ3v) is 4.70. The third kappa shape index (κ3) is 4.03. The standard InChI is InChI=1S/C19H21NO3S/c1-3-22-18-10-14-9-13(2)23-17(14)11-16(18)20-19(21)12-24-15-7-5-4-6-8-15/h4-8,10-11,13H,3,9,12H2,1-2H3,(H,20,21). The quantitative estimate of drug-likeness (QED) is 0.801. The fourth-order valence-corrected chi connectivity index (χ4v) is 3.38. The molecular weight excluding hydrogens is 322 g/mol. The highest BCUT2D eigenvalue weighted by Crippen LogP contribution is 2.38. The lowest BCUT2D eigenvalue weighted by atomic mass is 10.1. The van der Waals surface area contributed by atoms with Crippen molar-refractivity contribution in [3.63, 3.8) is 0 Å². The molecule has 0 bridgehead atoms. The normalized spacial score (nSPS) is 15.5. The maximum Gasteiger partial charge on any atom is 0.234 e. The lowest BCUT2D eigenvalue weighted by Gasteiger charge is -2.13. The summed E-state index contributed by atoms with van der Waals surface area (Å²) >= 11 is 1.51. The predicted octanol–water partition coefficient (Wildman–Crippen LogP) is 4.14. The number of carbonyl (C=O) groups excluding carboxylic acids is 1. The van der Waals surface area contributed by atoms with Crippen LogP contribution in [0, 0.1) is 0 Å². The molecule has 1 amide bonds. The van der Waals surface area contributed by atoms with E-state index in [4.69, 9.17) is 9.47 Å². The van der Waals surface area contributed by atoms with E-state index >= 15 is 0 Å². The Bertz CT molecular complexity index is 718. The Kier molecular flexibility index (Phi) is 5.30. The Hall–Kier alpha value is -2.14. The first-order valence-corrected chi connectivity index (χ1v) is 9.08. The summed E-state index contributed by atoms with van der Waals surface area (Å²) in [5.41, 5.74) is 1.80. The molecule has 0 saturated carbocycles. The van der Waals surface area contributed by atoms with Gasteiger partial charge in [0.25, 0.3) is 0 Å². The number of nitrogens with one attached hydrogen (secondary N) is 1. The Morgan fingerprint density at radius 2 is 2.12 bits per heavy atom. The van der Waals surface area contributed by atoms with Gasteiger partial charge in [0, 0.05) is 22.9 Å². The van der Waals surface area contributed by atoms with E-state index < -0.39 is 0 Å². The minimum atomic E-state index is -0.0594. The Labute approximate surface area is 146 Å². The second-order valence-corrected chi connectivity index (χ2v) is 6.72. The molecule has 2 aromatic carbocycles. The van der Waals surface area contributed by atoms with E-state index in [1.165, 1.54) is 11.8 Å². The van der Waals surface area contributed by atoms with Crippen molar-refractivity contribution in [2.24, 2.45) is 0 Å². The molecule has 0 radical (unpaired) electrons. The van der Waals surface area contributed by atoms with E-state index in [2.05, 4.69) is 5.32 Å². The van der Waals surface area contributed by atoms with Crippen LogP contribution in [0.4, 0.5) is 5.69 Å². The zero-order chi connectivity index (χ0) is 16.9. The van der Waals surface area contributed by atoms with E-state index in [1.54, 1.807) is 0 Å². The molecule has 1 N–H and O–H groups in total. The molecule has 1 heterocycles. The van der Waals surface area contributed by atoms with E-state index in [9.17, 15) is 4.79 Å². The van der Waals surface area contributed by atoms with Gasteiger partial charge in [-0.05, 0) is 32.0 Å². The van der Waals surface area contributed by atoms with Gasteiger partial charge in [0.15, 0.2) is 0 Å². The largest absolute Gasteiger partial charge is 0.492 e. The van der Waals surface area contributed by atoms with Crippen LogP contribution in [0.15, 0.2) is 47.4 Å². The summed E-state index contributed by atoms with van der Waals surface area (Å²) in [5, 5.41) is 2.95. The van der Waals surface area contributed by atoms with Crippen LogP contribution in [0.5, 0.6) is 11.5 Å². The van der Waals surface area contributed by atoms with Gasteiger partial charge in [-0.2, -0.15) is 0 Å². The van der Waals surface area contributed by atoms with Crippen LogP contribution in [0.2, 0.25) is 0 Å². The van der Waals surface area contributed by atoms with Gasteiger partial charge >= 0.3 is 0 Å². The van der Waals surface area contributed by atoms with Crippen LogP contribution < -0.4 is 14.8 Å². The molecule has 0 fully saturated rings. The molecule has 0 saturated heterocycles. The van der Waals surface area contributed by atoms with E-state index in [0.29, 0.717) is 23.8 Å². The molecule has 5 heteroatoms. The van der Waals surface area contributed by atoms with Gasteiger partial charge in [0.2, 0.25) is 5.91 Å². The molecular formula is C19H21NO3S. The molecule has 1 aliphatic rings. The van der Waals surface area contributed by atoms with Crippen molar-refractivity contribution in [3.8, 4) is 11.5 Å². The number of rotatable bonds is 6. The Balaban J connectivity index is 1.69. The fourth-order valence-electron chi connectivity index (χ4n) is 2.66. The highest BCUT2D eigenvalue weighted by Gasteiger charge is 2.22. The van der Waals surface area contributed by atoms with Gasteiger partial charge in [-0.3, -0.25) is 4.79 Å². The summed E-state index contributed by atoms with van der Waals surface area (Å²) in [7, 11) is 0. The van der Waals surface area contributed by atoms with Crippen molar-refractivity contribution in [1.82, 2.24) is 0 Å². The van der Waals surface area contributed by atoms with Crippen molar-refractivity contribution in [1.29, 1.82) is 0 Å². The van der Waals surface area contributed by atoms with Crippen LogP contribution in [0.1, 0.15) is 19.4 Å². The number of amides is 1. The van der Waals surface area contributed by atoms with Gasteiger partial charge < -0.3 is 14.8 Å². The first-order valence-electron chi connectivity index (χ1n) is 8.09. The van der Waals surface area contributed by atoms with Crippen LogP contribution in [0.25, 0.3) is 0 Å². The summed E-state index contributed by atoms with van der Waals surface area (Å²) in [6.45, 7) is 4.52. The summed E-state index contributed by atoms with van der Waals surface area (Å²) < 4.78 is 11.5.